The van der Waals surface area contributed by atoms with Crippen LogP contribution in [0, 0.1) is 10.1 Å². The van der Waals surface area contributed by atoms with Crippen LogP contribution in [-0.4, -0.2) is 72.7 Å². The van der Waals surface area contributed by atoms with E-state index in [0.29, 0.717) is 25.1 Å². The van der Waals surface area contributed by atoms with Crippen molar-refractivity contribution in [2.24, 2.45) is 0 Å². The van der Waals surface area contributed by atoms with E-state index in [1.165, 1.54) is 19.1 Å². The molecule has 2 fully saturated rings. The number of nitro benzene ring substituents is 1. The highest BCUT2D eigenvalue weighted by Crippen LogP contribution is 2.40. The van der Waals surface area contributed by atoms with Crippen molar-refractivity contribution in [3.63, 3.8) is 0 Å². The molecule has 3 rings (SSSR count). The number of nitrogens with zero attached hydrogens (tertiary/aromatic N) is 2. The highest BCUT2D eigenvalue weighted by molar-refractivity contribution is 8.00. The summed E-state index contributed by atoms with van der Waals surface area (Å²) in [4.78, 5) is 36.6. The van der Waals surface area contributed by atoms with Crippen molar-refractivity contribution in [1.82, 2.24) is 10.2 Å². The van der Waals surface area contributed by atoms with E-state index in [1.54, 1.807) is 28.8 Å². The van der Waals surface area contributed by atoms with Crippen molar-refractivity contribution < 1.29 is 28.4 Å². The van der Waals surface area contributed by atoms with Crippen molar-refractivity contribution in [1.29, 1.82) is 0 Å². The normalized spacial score (nSPS) is 24.6. The summed E-state index contributed by atoms with van der Waals surface area (Å²) in [5.41, 5.74) is 0.663. The fraction of sp³-hybridized carbons (Fsp3) is 0.667. The summed E-state index contributed by atoms with van der Waals surface area (Å²) in [6.07, 6.45) is 0.146. The summed E-state index contributed by atoms with van der Waals surface area (Å²) < 4.78 is 17.4. The Bertz CT molecular complexity index is 954. The van der Waals surface area contributed by atoms with Crippen LogP contribution in [0.2, 0.25) is 18.1 Å². The number of ether oxygens (including phenoxy) is 2. The number of carbonyl (C=O) groups is 2. The van der Waals surface area contributed by atoms with Crippen LogP contribution in [0.3, 0.4) is 0 Å². The van der Waals surface area contributed by atoms with Gasteiger partial charge in [-0.25, -0.2) is 4.79 Å². The zero-order valence-corrected chi connectivity index (χ0v) is 23.6. The number of amides is 1. The standard InChI is InChI=1S/C24H37N3O7SSi/c1-16(28)32-14-18-15-35-22(25-18)21-11-20(34-36(5,6)24(2,3)4)12-26(21)23(29)33-13-17-7-9-19(10-8-17)27(30)31/h7-10,18,20-22,25H,11-15H2,1-6H3. The molecule has 4 atom stereocenters. The van der Waals surface area contributed by atoms with Gasteiger partial charge < -0.3 is 18.8 Å². The van der Waals surface area contributed by atoms with Crippen molar-refractivity contribution in [2.45, 2.75) is 82.4 Å². The minimum atomic E-state index is -2.05. The van der Waals surface area contributed by atoms with E-state index in [-0.39, 0.29) is 46.9 Å². The number of hydrogen-bond donors (Lipinski definition) is 1. The molecule has 2 saturated heterocycles. The summed E-state index contributed by atoms with van der Waals surface area (Å²) in [5.74, 6) is 0.457. The monoisotopic (exact) mass is 539 g/mol. The van der Waals surface area contributed by atoms with Gasteiger partial charge in [-0.05, 0) is 42.2 Å². The first-order valence-corrected chi connectivity index (χ1v) is 16.1. The number of carbonyl (C=O) groups excluding carboxylic acids is 2. The SMILES string of the molecule is CC(=O)OCC1CSC(C2CC(O[Si](C)(C)C(C)(C)C)CN2C(=O)OCc2ccc([N+](=O)[O-])cc2)N1. The van der Waals surface area contributed by atoms with Gasteiger partial charge in [0.1, 0.15) is 13.2 Å². The molecule has 1 aromatic carbocycles. The molecule has 0 bridgehead atoms. The van der Waals surface area contributed by atoms with E-state index in [2.05, 4.69) is 39.2 Å². The molecule has 12 heteroatoms. The Morgan fingerprint density at radius 3 is 2.47 bits per heavy atom. The molecule has 2 aliphatic rings. The molecule has 0 saturated carbocycles. The summed E-state index contributed by atoms with van der Waals surface area (Å²) in [6.45, 7) is 13.1. The van der Waals surface area contributed by atoms with Gasteiger partial charge in [-0.15, -0.1) is 11.8 Å². The van der Waals surface area contributed by atoms with Crippen LogP contribution in [0.4, 0.5) is 10.5 Å². The lowest BCUT2D eigenvalue weighted by atomic mass is 10.2. The average molecular weight is 540 g/mol. The first-order valence-electron chi connectivity index (χ1n) is 12.1. The number of non-ortho nitro benzene ring substituents is 1. The van der Waals surface area contributed by atoms with Crippen LogP contribution in [0.25, 0.3) is 0 Å². The van der Waals surface area contributed by atoms with Crippen molar-refractivity contribution >= 4 is 37.8 Å². The lowest BCUT2D eigenvalue weighted by Crippen LogP contribution is -2.48. The summed E-state index contributed by atoms with van der Waals surface area (Å²) in [7, 11) is -2.05. The third kappa shape index (κ3) is 7.21. The topological polar surface area (TPSA) is 120 Å². The van der Waals surface area contributed by atoms with Crippen LogP contribution in [0.1, 0.15) is 39.7 Å². The van der Waals surface area contributed by atoms with Gasteiger partial charge in [-0.2, -0.15) is 0 Å². The van der Waals surface area contributed by atoms with E-state index in [4.69, 9.17) is 13.9 Å². The molecule has 2 aliphatic heterocycles. The van der Waals surface area contributed by atoms with Crippen molar-refractivity contribution in [3.05, 3.63) is 39.9 Å². The third-order valence-electron chi connectivity index (χ3n) is 7.03. The second kappa shape index (κ2) is 11.5. The summed E-state index contributed by atoms with van der Waals surface area (Å²) >= 11 is 1.70. The third-order valence-corrected chi connectivity index (χ3v) is 13.0. The van der Waals surface area contributed by atoms with Gasteiger partial charge in [-0.3, -0.25) is 20.2 Å². The summed E-state index contributed by atoms with van der Waals surface area (Å²) in [6, 6.07) is 5.84. The molecule has 10 nitrogen and oxygen atoms in total. The Balaban J connectivity index is 1.68. The molecule has 1 N–H and O–H groups in total. The molecule has 36 heavy (non-hydrogen) atoms. The molecule has 0 aromatic heterocycles. The Morgan fingerprint density at radius 2 is 1.89 bits per heavy atom. The Morgan fingerprint density at radius 1 is 1.22 bits per heavy atom. The van der Waals surface area contributed by atoms with Crippen LogP contribution in [0.5, 0.6) is 0 Å². The Hall–Kier alpha value is -2.15. The molecule has 0 radical (unpaired) electrons. The first kappa shape index (κ1) is 28.4. The smallest absolute Gasteiger partial charge is 0.410 e. The maximum Gasteiger partial charge on any atom is 0.410 e. The minimum absolute atomic E-state index is 0.0112. The van der Waals surface area contributed by atoms with E-state index in [0.717, 1.165) is 5.75 Å². The van der Waals surface area contributed by atoms with Gasteiger partial charge in [0.25, 0.3) is 5.69 Å². The average Bonchev–Trinajstić information content (AvgIpc) is 3.42. The van der Waals surface area contributed by atoms with E-state index >= 15 is 0 Å². The van der Waals surface area contributed by atoms with Gasteiger partial charge in [0.2, 0.25) is 0 Å². The molecule has 4 unspecified atom stereocenters. The maximum atomic E-state index is 13.2. The van der Waals surface area contributed by atoms with Gasteiger partial charge >= 0.3 is 12.1 Å². The first-order chi connectivity index (χ1) is 16.8. The number of nitrogens with one attached hydrogen (secondary N) is 1. The van der Waals surface area contributed by atoms with Gasteiger partial charge in [0.05, 0.1) is 28.5 Å². The predicted molar refractivity (Wildman–Crippen MR) is 140 cm³/mol. The minimum Gasteiger partial charge on any atom is -0.464 e. The van der Waals surface area contributed by atoms with E-state index in [1.807, 2.05) is 0 Å². The lowest BCUT2D eigenvalue weighted by Gasteiger charge is -2.38. The van der Waals surface area contributed by atoms with E-state index < -0.39 is 19.3 Å². The van der Waals surface area contributed by atoms with Crippen molar-refractivity contribution in [3.8, 4) is 0 Å². The quantitative estimate of drug-likeness (QED) is 0.223. The molecule has 1 aromatic rings. The lowest BCUT2D eigenvalue weighted by molar-refractivity contribution is -0.384. The Labute approximate surface area is 217 Å². The largest absolute Gasteiger partial charge is 0.464 e. The number of likely N-dealkylation sites (tertiary alicyclic amines) is 1. The highest BCUT2D eigenvalue weighted by Gasteiger charge is 2.47. The molecular weight excluding hydrogens is 502 g/mol. The molecule has 0 spiro atoms. The number of rotatable bonds is 8. The zero-order chi connectivity index (χ0) is 26.7. The maximum absolute atomic E-state index is 13.2. The van der Waals surface area contributed by atoms with E-state index in [9.17, 15) is 19.7 Å². The highest BCUT2D eigenvalue weighted by atomic mass is 32.2. The Kier molecular flexibility index (Phi) is 9.07. The molecular formula is C24H37N3O7SSi. The molecule has 1 amide bonds. The van der Waals surface area contributed by atoms with Crippen molar-refractivity contribution in [2.75, 3.05) is 18.9 Å². The zero-order valence-electron chi connectivity index (χ0n) is 21.8. The van der Waals surface area contributed by atoms with Crippen LogP contribution in [-0.2, 0) is 25.3 Å². The molecule has 0 aliphatic carbocycles. The second-order valence-corrected chi connectivity index (χ2v) is 16.8. The number of esters is 1. The number of hydrogen-bond acceptors (Lipinski definition) is 9. The predicted octanol–water partition coefficient (Wildman–Crippen LogP) is 4.29. The van der Waals surface area contributed by atoms with Gasteiger partial charge in [-0.1, -0.05) is 20.8 Å². The van der Waals surface area contributed by atoms with Crippen LogP contribution in [0.15, 0.2) is 24.3 Å². The fourth-order valence-corrected chi connectivity index (χ4v) is 6.79. The van der Waals surface area contributed by atoms with Gasteiger partial charge in [0.15, 0.2) is 8.32 Å². The number of thioether (sulfide) groups is 1. The fourth-order valence-electron chi connectivity index (χ4n) is 4.03. The van der Waals surface area contributed by atoms with Gasteiger partial charge in [0, 0.05) is 31.4 Å². The number of nitro groups is 1. The number of benzene rings is 1. The van der Waals surface area contributed by atoms with Crippen LogP contribution < -0.4 is 5.32 Å². The molecule has 2 heterocycles. The van der Waals surface area contributed by atoms with Crippen LogP contribution >= 0.6 is 11.8 Å². The molecule has 200 valence electrons. The summed E-state index contributed by atoms with van der Waals surface area (Å²) in [5, 5.41) is 14.4. The second-order valence-electron chi connectivity index (χ2n) is 10.9.